The molecule has 2 heterocycles. The van der Waals surface area contributed by atoms with Gasteiger partial charge in [-0.3, -0.25) is 4.79 Å². The van der Waals surface area contributed by atoms with Crippen LogP contribution in [-0.2, 0) is 9.53 Å². The molecule has 0 unspecified atom stereocenters. The number of likely N-dealkylation sites (tertiary alicyclic amines) is 1. The molecule has 16 heavy (non-hydrogen) atoms. The molecule has 2 aliphatic heterocycles. The van der Waals surface area contributed by atoms with Crippen molar-refractivity contribution in [1.82, 2.24) is 4.90 Å². The molecule has 4 nitrogen and oxygen atoms in total. The molecule has 2 rings (SSSR count). The lowest BCUT2D eigenvalue weighted by molar-refractivity contribution is -0.174. The van der Waals surface area contributed by atoms with Crippen LogP contribution in [0.15, 0.2) is 0 Å². The van der Waals surface area contributed by atoms with Crippen LogP contribution < -0.4 is 5.73 Å². The lowest BCUT2D eigenvalue weighted by Crippen LogP contribution is -2.60. The van der Waals surface area contributed by atoms with Gasteiger partial charge in [-0.2, -0.15) is 0 Å². The maximum atomic E-state index is 12.9. The standard InChI is InChI=1S/C10H16F2N2O2/c11-10(12)1-3-14(4-2-10)8(15)9(5-13)6-16-7-9/h1-7,13H2. The number of ether oxygens (including phenoxy) is 1. The van der Waals surface area contributed by atoms with E-state index in [1.165, 1.54) is 4.90 Å². The van der Waals surface area contributed by atoms with Crippen molar-refractivity contribution in [3.8, 4) is 0 Å². The van der Waals surface area contributed by atoms with Crippen LogP contribution in [0, 0.1) is 5.41 Å². The molecule has 0 aliphatic carbocycles. The molecule has 0 aromatic carbocycles. The van der Waals surface area contributed by atoms with E-state index < -0.39 is 11.3 Å². The molecule has 2 fully saturated rings. The summed E-state index contributed by atoms with van der Waals surface area (Å²) < 4.78 is 30.9. The van der Waals surface area contributed by atoms with Gasteiger partial charge >= 0.3 is 0 Å². The minimum absolute atomic E-state index is 0.119. The van der Waals surface area contributed by atoms with Crippen LogP contribution in [-0.4, -0.2) is 49.6 Å². The molecule has 0 spiro atoms. The van der Waals surface area contributed by atoms with Gasteiger partial charge in [0.15, 0.2) is 0 Å². The van der Waals surface area contributed by atoms with Gasteiger partial charge in [-0.1, -0.05) is 0 Å². The highest BCUT2D eigenvalue weighted by Gasteiger charge is 2.48. The van der Waals surface area contributed by atoms with E-state index in [4.69, 9.17) is 10.5 Å². The van der Waals surface area contributed by atoms with Gasteiger partial charge in [0.1, 0.15) is 5.41 Å². The minimum atomic E-state index is -2.62. The number of carbonyl (C=O) groups is 1. The number of alkyl halides is 2. The summed E-state index contributed by atoms with van der Waals surface area (Å²) in [6.07, 6.45) is -0.500. The highest BCUT2D eigenvalue weighted by molar-refractivity contribution is 5.84. The van der Waals surface area contributed by atoms with Crippen molar-refractivity contribution in [3.63, 3.8) is 0 Å². The Balaban J connectivity index is 1.96. The number of halogens is 2. The van der Waals surface area contributed by atoms with Crippen molar-refractivity contribution in [2.24, 2.45) is 11.1 Å². The Morgan fingerprint density at radius 1 is 1.31 bits per heavy atom. The van der Waals surface area contributed by atoms with Gasteiger partial charge in [0.25, 0.3) is 5.92 Å². The smallest absolute Gasteiger partial charge is 0.251 e. The Kier molecular flexibility index (Phi) is 2.88. The number of piperidine rings is 1. The summed E-state index contributed by atoms with van der Waals surface area (Å²) in [6, 6.07) is 0. The van der Waals surface area contributed by atoms with Crippen molar-refractivity contribution in [2.45, 2.75) is 18.8 Å². The van der Waals surface area contributed by atoms with Crippen molar-refractivity contribution < 1.29 is 18.3 Å². The number of nitrogens with two attached hydrogens (primary N) is 1. The van der Waals surface area contributed by atoms with Crippen molar-refractivity contribution >= 4 is 5.91 Å². The predicted octanol–water partition coefficient (Wildman–Crippen LogP) is 0.219. The van der Waals surface area contributed by atoms with Gasteiger partial charge in [0, 0.05) is 32.5 Å². The van der Waals surface area contributed by atoms with E-state index in [-0.39, 0.29) is 38.4 Å². The van der Waals surface area contributed by atoms with Crippen molar-refractivity contribution in [2.75, 3.05) is 32.8 Å². The van der Waals surface area contributed by atoms with Crippen molar-refractivity contribution in [1.29, 1.82) is 0 Å². The van der Waals surface area contributed by atoms with Crippen LogP contribution in [0.25, 0.3) is 0 Å². The molecule has 2 N–H and O–H groups in total. The first kappa shape index (κ1) is 11.7. The Labute approximate surface area is 92.7 Å². The van der Waals surface area contributed by atoms with Crippen LogP contribution in [0.4, 0.5) is 8.78 Å². The van der Waals surface area contributed by atoms with Gasteiger partial charge in [-0.15, -0.1) is 0 Å². The maximum Gasteiger partial charge on any atom is 0.251 e. The van der Waals surface area contributed by atoms with Gasteiger partial charge in [-0.05, 0) is 0 Å². The summed E-state index contributed by atoms with van der Waals surface area (Å²) in [7, 11) is 0. The number of carbonyl (C=O) groups excluding carboxylic acids is 1. The fourth-order valence-electron chi connectivity index (χ4n) is 2.05. The average Bonchev–Trinajstić information content (AvgIpc) is 2.16. The summed E-state index contributed by atoms with van der Waals surface area (Å²) >= 11 is 0. The second kappa shape index (κ2) is 3.92. The molecule has 0 bridgehead atoms. The fourth-order valence-corrected chi connectivity index (χ4v) is 2.05. The predicted molar refractivity (Wildman–Crippen MR) is 53.1 cm³/mol. The lowest BCUT2D eigenvalue weighted by Gasteiger charge is -2.44. The highest BCUT2D eigenvalue weighted by atomic mass is 19.3. The Bertz CT molecular complexity index is 277. The van der Waals surface area contributed by atoms with E-state index in [1.54, 1.807) is 0 Å². The Morgan fingerprint density at radius 3 is 2.25 bits per heavy atom. The van der Waals surface area contributed by atoms with E-state index in [1.807, 2.05) is 0 Å². The summed E-state index contributed by atoms with van der Waals surface area (Å²) in [5.74, 6) is -2.75. The average molecular weight is 234 g/mol. The molecule has 6 heteroatoms. The molecule has 2 aliphatic rings. The van der Waals surface area contributed by atoms with Crippen LogP contribution in [0.3, 0.4) is 0 Å². The third-order valence-corrected chi connectivity index (χ3v) is 3.38. The van der Waals surface area contributed by atoms with E-state index in [0.717, 1.165) is 0 Å². The van der Waals surface area contributed by atoms with Crippen LogP contribution >= 0.6 is 0 Å². The second-order valence-electron chi connectivity index (χ2n) is 4.63. The van der Waals surface area contributed by atoms with Crippen LogP contribution in [0.1, 0.15) is 12.8 Å². The van der Waals surface area contributed by atoms with E-state index in [9.17, 15) is 13.6 Å². The second-order valence-corrected chi connectivity index (χ2v) is 4.63. The zero-order valence-corrected chi connectivity index (χ0v) is 9.05. The molecular formula is C10H16F2N2O2. The number of rotatable bonds is 2. The first-order chi connectivity index (χ1) is 7.49. The normalized spacial score (nSPS) is 27.3. The van der Waals surface area contributed by atoms with E-state index in [0.29, 0.717) is 13.2 Å². The Hall–Kier alpha value is -0.750. The van der Waals surface area contributed by atoms with Gasteiger partial charge < -0.3 is 15.4 Å². The van der Waals surface area contributed by atoms with E-state index >= 15 is 0 Å². The first-order valence-electron chi connectivity index (χ1n) is 5.44. The zero-order chi connectivity index (χ0) is 11.8. The lowest BCUT2D eigenvalue weighted by atomic mass is 9.84. The molecule has 0 atom stereocenters. The molecule has 0 radical (unpaired) electrons. The summed E-state index contributed by atoms with van der Waals surface area (Å²) in [5.41, 5.74) is 4.91. The fraction of sp³-hybridized carbons (Fsp3) is 0.900. The number of nitrogens with zero attached hydrogens (tertiary/aromatic N) is 1. The maximum absolute atomic E-state index is 12.9. The SMILES string of the molecule is NCC1(C(=O)N2CCC(F)(F)CC2)COC1. The van der Waals surface area contributed by atoms with Crippen molar-refractivity contribution in [3.05, 3.63) is 0 Å². The molecular weight excluding hydrogens is 218 g/mol. The molecule has 1 amide bonds. The number of hydrogen-bond donors (Lipinski definition) is 1. The molecule has 2 saturated heterocycles. The zero-order valence-electron chi connectivity index (χ0n) is 9.05. The first-order valence-corrected chi connectivity index (χ1v) is 5.44. The quantitative estimate of drug-likeness (QED) is 0.743. The summed E-state index contributed by atoms with van der Waals surface area (Å²) in [4.78, 5) is 13.6. The van der Waals surface area contributed by atoms with Crippen LogP contribution in [0.5, 0.6) is 0 Å². The van der Waals surface area contributed by atoms with Gasteiger partial charge in [0.05, 0.1) is 13.2 Å². The van der Waals surface area contributed by atoms with Crippen LogP contribution in [0.2, 0.25) is 0 Å². The number of hydrogen-bond acceptors (Lipinski definition) is 3. The minimum Gasteiger partial charge on any atom is -0.379 e. The molecule has 0 aromatic heterocycles. The summed E-state index contributed by atoms with van der Waals surface area (Å²) in [5, 5.41) is 0. The van der Waals surface area contributed by atoms with Gasteiger partial charge in [0.2, 0.25) is 5.91 Å². The Morgan fingerprint density at radius 2 is 1.88 bits per heavy atom. The van der Waals surface area contributed by atoms with Gasteiger partial charge in [-0.25, -0.2) is 8.78 Å². The largest absolute Gasteiger partial charge is 0.379 e. The number of amides is 1. The molecule has 0 aromatic rings. The molecule has 0 saturated carbocycles. The third-order valence-electron chi connectivity index (χ3n) is 3.38. The monoisotopic (exact) mass is 234 g/mol. The summed E-state index contributed by atoms with van der Waals surface area (Å²) in [6.45, 7) is 1.09. The third kappa shape index (κ3) is 1.91. The van der Waals surface area contributed by atoms with E-state index in [2.05, 4.69) is 0 Å². The molecule has 92 valence electrons. The highest BCUT2D eigenvalue weighted by Crippen LogP contribution is 2.33. The topological polar surface area (TPSA) is 55.6 Å².